The molecular formula is C9H9BrO3. The third kappa shape index (κ3) is 2.01. The molecule has 0 radical (unpaired) electrons. The number of carbonyl (C=O) groups is 1. The summed E-state index contributed by atoms with van der Waals surface area (Å²) in [6.07, 6.45) is 0.774. The predicted octanol–water partition coefficient (Wildman–Crippen LogP) is 2.16. The summed E-state index contributed by atoms with van der Waals surface area (Å²) in [4.78, 5) is 10.5. The molecule has 1 aromatic rings. The molecule has 0 amide bonds. The summed E-state index contributed by atoms with van der Waals surface area (Å²) >= 11 is 3.19. The highest BCUT2D eigenvalue weighted by Crippen LogP contribution is 2.34. The number of aromatic hydroxyl groups is 2. The van der Waals surface area contributed by atoms with Gasteiger partial charge in [-0.2, -0.15) is 0 Å². The zero-order valence-electron chi connectivity index (χ0n) is 6.99. The average Bonchev–Trinajstić information content (AvgIpc) is 2.10. The Morgan fingerprint density at radius 1 is 1.38 bits per heavy atom. The predicted molar refractivity (Wildman–Crippen MR) is 52.0 cm³/mol. The van der Waals surface area contributed by atoms with Crippen LogP contribution in [0.2, 0.25) is 0 Å². The molecule has 0 heterocycles. The van der Waals surface area contributed by atoms with E-state index in [1.54, 1.807) is 6.92 Å². The quantitative estimate of drug-likeness (QED) is 0.620. The Kier molecular flexibility index (Phi) is 2.93. The summed E-state index contributed by atoms with van der Waals surface area (Å²) in [5.41, 5.74) is 0.658. The second kappa shape index (κ2) is 3.79. The van der Waals surface area contributed by atoms with Gasteiger partial charge in [-0.3, -0.25) is 0 Å². The van der Waals surface area contributed by atoms with Crippen molar-refractivity contribution in [2.24, 2.45) is 0 Å². The molecule has 0 spiro atoms. The lowest BCUT2D eigenvalue weighted by molar-refractivity contribution is -0.108. The van der Waals surface area contributed by atoms with E-state index in [1.165, 1.54) is 12.1 Å². The summed E-state index contributed by atoms with van der Waals surface area (Å²) < 4.78 is 0.613. The monoisotopic (exact) mass is 244 g/mol. The minimum absolute atomic E-state index is 0.200. The fourth-order valence-electron chi connectivity index (χ4n) is 0.990. The number of carbonyl (C=O) groups excluding carboxylic acids is 1. The van der Waals surface area contributed by atoms with E-state index in [0.717, 1.165) is 6.29 Å². The average molecular weight is 245 g/mol. The summed E-state index contributed by atoms with van der Waals surface area (Å²) in [5, 5.41) is 18.3. The molecule has 1 rings (SSSR count). The molecule has 1 aromatic carbocycles. The van der Waals surface area contributed by atoms with E-state index in [1.807, 2.05) is 0 Å². The van der Waals surface area contributed by atoms with Crippen molar-refractivity contribution >= 4 is 22.2 Å². The minimum atomic E-state index is -0.305. The van der Waals surface area contributed by atoms with Gasteiger partial charge in [-0.25, -0.2) is 0 Å². The number of aldehydes is 1. The second-order valence-corrected chi connectivity index (χ2v) is 3.64. The van der Waals surface area contributed by atoms with Crippen molar-refractivity contribution in [3.63, 3.8) is 0 Å². The van der Waals surface area contributed by atoms with Gasteiger partial charge >= 0.3 is 0 Å². The Labute approximate surface area is 84.1 Å². The maximum atomic E-state index is 10.5. The van der Waals surface area contributed by atoms with Crippen molar-refractivity contribution < 1.29 is 15.0 Å². The zero-order valence-corrected chi connectivity index (χ0v) is 8.58. The van der Waals surface area contributed by atoms with Gasteiger partial charge in [0.15, 0.2) is 11.5 Å². The lowest BCUT2D eigenvalue weighted by Gasteiger charge is -2.08. The van der Waals surface area contributed by atoms with Crippen LogP contribution in [0.15, 0.2) is 16.6 Å². The molecule has 1 atom stereocenters. The summed E-state index contributed by atoms with van der Waals surface area (Å²) in [6.45, 7) is 1.71. The standard InChI is InChI=1S/C9H9BrO3/c1-5(4-11)6-2-8(12)9(13)3-7(6)10/h2-5,12-13H,1H3. The van der Waals surface area contributed by atoms with Crippen LogP contribution in [0.25, 0.3) is 0 Å². The van der Waals surface area contributed by atoms with E-state index in [0.29, 0.717) is 10.0 Å². The molecule has 70 valence electrons. The number of hydrogen-bond acceptors (Lipinski definition) is 3. The number of halogens is 1. The van der Waals surface area contributed by atoms with Gasteiger partial charge in [0.05, 0.1) is 0 Å². The smallest absolute Gasteiger partial charge is 0.158 e. The molecule has 4 heteroatoms. The van der Waals surface area contributed by atoms with Gasteiger partial charge in [0.25, 0.3) is 0 Å². The van der Waals surface area contributed by atoms with Gasteiger partial charge in [0, 0.05) is 10.4 Å². The molecule has 0 aliphatic heterocycles. The van der Waals surface area contributed by atoms with Crippen LogP contribution in [0, 0.1) is 0 Å². The first-order valence-electron chi connectivity index (χ1n) is 3.73. The topological polar surface area (TPSA) is 57.5 Å². The third-order valence-corrected chi connectivity index (χ3v) is 2.48. The van der Waals surface area contributed by atoms with Crippen molar-refractivity contribution in [2.75, 3.05) is 0 Å². The molecule has 2 N–H and O–H groups in total. The van der Waals surface area contributed by atoms with Gasteiger partial charge < -0.3 is 15.0 Å². The lowest BCUT2D eigenvalue weighted by Crippen LogP contribution is -1.95. The highest BCUT2D eigenvalue weighted by molar-refractivity contribution is 9.10. The molecule has 0 aromatic heterocycles. The van der Waals surface area contributed by atoms with E-state index in [4.69, 9.17) is 5.11 Å². The lowest BCUT2D eigenvalue weighted by atomic mass is 10.0. The molecule has 0 bridgehead atoms. The maximum Gasteiger partial charge on any atom is 0.158 e. The molecule has 0 saturated heterocycles. The van der Waals surface area contributed by atoms with E-state index in [9.17, 15) is 9.90 Å². The molecule has 3 nitrogen and oxygen atoms in total. The van der Waals surface area contributed by atoms with E-state index in [-0.39, 0.29) is 17.4 Å². The van der Waals surface area contributed by atoms with Gasteiger partial charge in [-0.1, -0.05) is 22.9 Å². The van der Waals surface area contributed by atoms with Crippen LogP contribution < -0.4 is 0 Å². The first-order valence-corrected chi connectivity index (χ1v) is 4.52. The highest BCUT2D eigenvalue weighted by Gasteiger charge is 2.11. The Bertz CT molecular complexity index is 336. The Morgan fingerprint density at radius 2 is 1.92 bits per heavy atom. The number of hydrogen-bond donors (Lipinski definition) is 2. The molecule has 1 unspecified atom stereocenters. The largest absolute Gasteiger partial charge is 0.504 e. The van der Waals surface area contributed by atoms with Crippen LogP contribution in [0.3, 0.4) is 0 Å². The molecule has 0 aliphatic carbocycles. The fraction of sp³-hybridized carbons (Fsp3) is 0.222. The molecule has 0 saturated carbocycles. The molecule has 0 fully saturated rings. The van der Waals surface area contributed by atoms with Gasteiger partial charge in [-0.15, -0.1) is 0 Å². The van der Waals surface area contributed by atoms with Crippen molar-refractivity contribution in [2.45, 2.75) is 12.8 Å². The number of rotatable bonds is 2. The normalized spacial score (nSPS) is 12.5. The van der Waals surface area contributed by atoms with E-state index < -0.39 is 0 Å². The van der Waals surface area contributed by atoms with E-state index >= 15 is 0 Å². The molecule has 0 aliphatic rings. The van der Waals surface area contributed by atoms with Crippen LogP contribution in [0.5, 0.6) is 11.5 Å². The van der Waals surface area contributed by atoms with Crippen LogP contribution in [-0.2, 0) is 4.79 Å². The summed E-state index contributed by atoms with van der Waals surface area (Å²) in [6, 6.07) is 2.74. The van der Waals surface area contributed by atoms with Crippen molar-refractivity contribution in [3.8, 4) is 11.5 Å². The Hall–Kier alpha value is -1.03. The van der Waals surface area contributed by atoms with Gasteiger partial charge in [0.2, 0.25) is 0 Å². The van der Waals surface area contributed by atoms with Crippen molar-refractivity contribution in [1.82, 2.24) is 0 Å². The van der Waals surface area contributed by atoms with Crippen LogP contribution in [0.1, 0.15) is 18.4 Å². The number of phenols is 2. The highest BCUT2D eigenvalue weighted by atomic mass is 79.9. The van der Waals surface area contributed by atoms with Crippen LogP contribution >= 0.6 is 15.9 Å². The first kappa shape index (κ1) is 10.1. The summed E-state index contributed by atoms with van der Waals surface area (Å²) in [7, 11) is 0. The Balaban J connectivity index is 3.22. The van der Waals surface area contributed by atoms with Gasteiger partial charge in [0.1, 0.15) is 6.29 Å². The number of phenolic OH excluding ortho intramolecular Hbond substituents is 2. The Morgan fingerprint density at radius 3 is 2.46 bits per heavy atom. The fourth-order valence-corrected chi connectivity index (χ4v) is 1.68. The third-order valence-electron chi connectivity index (χ3n) is 1.79. The van der Waals surface area contributed by atoms with Crippen LogP contribution in [0.4, 0.5) is 0 Å². The first-order chi connectivity index (χ1) is 6.06. The van der Waals surface area contributed by atoms with E-state index in [2.05, 4.69) is 15.9 Å². The summed E-state index contributed by atoms with van der Waals surface area (Å²) in [5.74, 6) is -0.721. The SMILES string of the molecule is CC(C=O)c1cc(O)c(O)cc1Br. The molecule has 13 heavy (non-hydrogen) atoms. The molecular weight excluding hydrogens is 236 g/mol. The van der Waals surface area contributed by atoms with Crippen LogP contribution in [-0.4, -0.2) is 16.5 Å². The second-order valence-electron chi connectivity index (χ2n) is 2.79. The zero-order chi connectivity index (χ0) is 10.0. The van der Waals surface area contributed by atoms with Crippen molar-refractivity contribution in [1.29, 1.82) is 0 Å². The maximum absolute atomic E-state index is 10.5. The van der Waals surface area contributed by atoms with Crippen molar-refractivity contribution in [3.05, 3.63) is 22.2 Å². The number of benzene rings is 1. The minimum Gasteiger partial charge on any atom is -0.504 e. The van der Waals surface area contributed by atoms with Gasteiger partial charge in [-0.05, 0) is 17.7 Å².